The molecule has 0 saturated heterocycles. The summed E-state index contributed by atoms with van der Waals surface area (Å²) in [6.45, 7) is 9.51. The summed E-state index contributed by atoms with van der Waals surface area (Å²) in [6.07, 6.45) is 9.56. The number of hydrogen-bond acceptors (Lipinski definition) is 5. The Kier molecular flexibility index (Phi) is 7.43. The second kappa shape index (κ2) is 9.44. The van der Waals surface area contributed by atoms with E-state index in [0.717, 1.165) is 64.4 Å². The van der Waals surface area contributed by atoms with E-state index in [4.69, 9.17) is 18.9 Å². The van der Waals surface area contributed by atoms with Crippen LogP contribution in [0.5, 0.6) is 0 Å². The highest BCUT2D eigenvalue weighted by atomic mass is 16.7. The molecule has 4 aliphatic carbocycles. The number of esters is 1. The first-order valence-electron chi connectivity index (χ1n) is 11.5. The molecule has 4 saturated carbocycles. The van der Waals surface area contributed by atoms with Crippen molar-refractivity contribution in [1.29, 1.82) is 0 Å². The van der Waals surface area contributed by atoms with Gasteiger partial charge in [0.15, 0.2) is 12.6 Å². The van der Waals surface area contributed by atoms with Crippen LogP contribution in [0.4, 0.5) is 0 Å². The van der Waals surface area contributed by atoms with Gasteiger partial charge in [-0.2, -0.15) is 0 Å². The molecule has 0 aliphatic heterocycles. The molecule has 5 heteroatoms. The van der Waals surface area contributed by atoms with Crippen molar-refractivity contribution < 1.29 is 23.7 Å². The number of hydrogen-bond donors (Lipinski definition) is 0. The van der Waals surface area contributed by atoms with Crippen LogP contribution in [0.2, 0.25) is 0 Å². The minimum atomic E-state index is -0.472. The lowest BCUT2D eigenvalue weighted by atomic mass is 9.48. The zero-order valence-corrected chi connectivity index (χ0v) is 18.3. The average Bonchev–Trinajstić information content (AvgIpc) is 2.60. The average molecular weight is 397 g/mol. The maximum Gasteiger partial charge on any atom is 0.314 e. The van der Waals surface area contributed by atoms with Gasteiger partial charge in [-0.15, -0.1) is 0 Å². The molecule has 0 heterocycles. The van der Waals surface area contributed by atoms with Gasteiger partial charge >= 0.3 is 5.97 Å². The SMILES string of the molecule is CCCCOC(C)OC(=O)C12CC3CC(CC(OC(C)OCCCC)(C3)C1)C2. The Morgan fingerprint density at radius 1 is 0.929 bits per heavy atom. The molecule has 0 radical (unpaired) electrons. The van der Waals surface area contributed by atoms with Crippen LogP contribution in [0.1, 0.15) is 91.9 Å². The fraction of sp³-hybridized carbons (Fsp3) is 0.957. The first-order chi connectivity index (χ1) is 13.4. The Morgan fingerprint density at radius 2 is 1.50 bits per heavy atom. The standard InChI is InChI=1S/C23H40O5/c1-5-7-9-25-17(3)27-21(24)22-12-19-11-20(13-22)15-23(14-19,16-22)28-18(4)26-10-8-6-2/h17-20H,5-16H2,1-4H3. The maximum absolute atomic E-state index is 13.2. The quantitative estimate of drug-likeness (QED) is 0.257. The van der Waals surface area contributed by atoms with Crippen molar-refractivity contribution in [2.45, 2.75) is 110 Å². The number of carbonyl (C=O) groups is 1. The summed E-state index contributed by atoms with van der Waals surface area (Å²) in [5.41, 5.74) is -0.614. The molecular weight excluding hydrogens is 356 g/mol. The molecule has 0 aromatic rings. The molecule has 0 aromatic carbocycles. The van der Waals surface area contributed by atoms with Crippen molar-refractivity contribution in [3.8, 4) is 0 Å². The van der Waals surface area contributed by atoms with Crippen LogP contribution in [0.25, 0.3) is 0 Å². The third-order valence-electron chi connectivity index (χ3n) is 6.83. The van der Waals surface area contributed by atoms with E-state index in [9.17, 15) is 4.79 Å². The van der Waals surface area contributed by atoms with Crippen molar-refractivity contribution in [2.24, 2.45) is 17.3 Å². The van der Waals surface area contributed by atoms with Crippen molar-refractivity contribution >= 4 is 5.97 Å². The van der Waals surface area contributed by atoms with Crippen molar-refractivity contribution in [1.82, 2.24) is 0 Å². The summed E-state index contributed by atoms with van der Waals surface area (Å²) in [4.78, 5) is 13.2. The van der Waals surface area contributed by atoms with Crippen LogP contribution in [-0.2, 0) is 23.7 Å². The summed E-state index contributed by atoms with van der Waals surface area (Å²) in [5.74, 6) is 1.05. The normalized spacial score (nSPS) is 35.7. The highest BCUT2D eigenvalue weighted by Crippen LogP contribution is 2.63. The third kappa shape index (κ3) is 5.09. The molecule has 4 aliphatic rings. The monoisotopic (exact) mass is 396 g/mol. The summed E-state index contributed by atoms with van der Waals surface area (Å²) in [7, 11) is 0. The van der Waals surface area contributed by atoms with E-state index in [-0.39, 0.29) is 17.9 Å². The van der Waals surface area contributed by atoms with E-state index >= 15 is 0 Å². The molecule has 0 N–H and O–H groups in total. The molecule has 4 atom stereocenters. The molecule has 28 heavy (non-hydrogen) atoms. The molecule has 4 bridgehead atoms. The van der Waals surface area contributed by atoms with Gasteiger partial charge in [-0.3, -0.25) is 4.79 Å². The fourth-order valence-electron chi connectivity index (χ4n) is 6.04. The van der Waals surface area contributed by atoms with Crippen molar-refractivity contribution in [2.75, 3.05) is 13.2 Å². The predicted molar refractivity (Wildman–Crippen MR) is 108 cm³/mol. The van der Waals surface area contributed by atoms with Crippen LogP contribution < -0.4 is 0 Å². The molecule has 4 fully saturated rings. The zero-order valence-electron chi connectivity index (χ0n) is 18.3. The van der Waals surface area contributed by atoms with Gasteiger partial charge in [0.1, 0.15) is 0 Å². The van der Waals surface area contributed by atoms with E-state index < -0.39 is 11.7 Å². The molecule has 0 spiro atoms. The van der Waals surface area contributed by atoms with E-state index in [1.54, 1.807) is 0 Å². The number of carbonyl (C=O) groups excluding carboxylic acids is 1. The first kappa shape index (κ1) is 22.0. The molecule has 4 unspecified atom stereocenters. The van der Waals surface area contributed by atoms with Crippen LogP contribution >= 0.6 is 0 Å². The smallest absolute Gasteiger partial charge is 0.314 e. The highest BCUT2D eigenvalue weighted by Gasteiger charge is 2.62. The van der Waals surface area contributed by atoms with Crippen LogP contribution in [0, 0.1) is 17.3 Å². The van der Waals surface area contributed by atoms with Crippen LogP contribution in [-0.4, -0.2) is 37.4 Å². The van der Waals surface area contributed by atoms with Crippen molar-refractivity contribution in [3.05, 3.63) is 0 Å². The molecule has 0 aromatic heterocycles. The van der Waals surface area contributed by atoms with E-state index in [1.807, 2.05) is 13.8 Å². The molecule has 162 valence electrons. The minimum absolute atomic E-state index is 0.0712. The second-order valence-corrected chi connectivity index (χ2v) is 9.53. The van der Waals surface area contributed by atoms with Gasteiger partial charge in [0.25, 0.3) is 0 Å². The Balaban J connectivity index is 1.61. The summed E-state index contributed by atoms with van der Waals surface area (Å²) < 4.78 is 23.8. The largest absolute Gasteiger partial charge is 0.436 e. The highest BCUT2D eigenvalue weighted by molar-refractivity contribution is 5.78. The maximum atomic E-state index is 13.2. The summed E-state index contributed by atoms with van der Waals surface area (Å²) >= 11 is 0. The van der Waals surface area contributed by atoms with Gasteiger partial charge in [0, 0.05) is 6.61 Å². The van der Waals surface area contributed by atoms with Gasteiger partial charge in [-0.05, 0) is 77.0 Å². The van der Waals surface area contributed by atoms with Crippen LogP contribution in [0.3, 0.4) is 0 Å². The van der Waals surface area contributed by atoms with E-state index in [1.165, 1.54) is 6.42 Å². The minimum Gasteiger partial charge on any atom is -0.436 e. The molecular formula is C23H40O5. The predicted octanol–water partition coefficient (Wildman–Crippen LogP) is 5.21. The first-order valence-corrected chi connectivity index (χ1v) is 11.5. The Hall–Kier alpha value is -0.650. The zero-order chi connectivity index (χ0) is 20.2. The van der Waals surface area contributed by atoms with Gasteiger partial charge < -0.3 is 18.9 Å². The van der Waals surface area contributed by atoms with Crippen molar-refractivity contribution in [3.63, 3.8) is 0 Å². The van der Waals surface area contributed by atoms with E-state index in [0.29, 0.717) is 18.4 Å². The molecule has 5 nitrogen and oxygen atoms in total. The van der Waals surface area contributed by atoms with Crippen LogP contribution in [0.15, 0.2) is 0 Å². The molecule has 0 amide bonds. The fourth-order valence-corrected chi connectivity index (χ4v) is 6.04. The molecule has 4 rings (SSSR count). The van der Waals surface area contributed by atoms with Gasteiger partial charge in [0.05, 0.1) is 17.6 Å². The Labute approximate surface area is 170 Å². The topological polar surface area (TPSA) is 54.0 Å². The number of ether oxygens (including phenoxy) is 4. The third-order valence-corrected chi connectivity index (χ3v) is 6.83. The lowest BCUT2D eigenvalue weighted by Crippen LogP contribution is -2.60. The lowest BCUT2D eigenvalue weighted by molar-refractivity contribution is -0.268. The number of unbranched alkanes of at least 4 members (excludes halogenated alkanes) is 2. The Morgan fingerprint density at radius 3 is 2.07 bits per heavy atom. The van der Waals surface area contributed by atoms with Gasteiger partial charge in [0.2, 0.25) is 0 Å². The number of rotatable bonds is 12. The Bertz CT molecular complexity index is 505. The second-order valence-electron chi connectivity index (χ2n) is 9.53. The van der Waals surface area contributed by atoms with Gasteiger partial charge in [-0.25, -0.2) is 0 Å². The summed E-state index contributed by atoms with van der Waals surface area (Å²) in [5, 5.41) is 0. The van der Waals surface area contributed by atoms with E-state index in [2.05, 4.69) is 13.8 Å². The summed E-state index contributed by atoms with van der Waals surface area (Å²) in [6, 6.07) is 0. The lowest BCUT2D eigenvalue weighted by Gasteiger charge is -2.60. The van der Waals surface area contributed by atoms with Gasteiger partial charge in [-0.1, -0.05) is 26.7 Å².